The second kappa shape index (κ2) is 15.5. The van der Waals surface area contributed by atoms with Crippen LogP contribution in [0.25, 0.3) is 110 Å². The Bertz CT molecular complexity index is 3980. The molecule has 0 radical (unpaired) electrons. The highest BCUT2D eigenvalue weighted by molar-refractivity contribution is 6.13. The molecule has 308 valence electrons. The summed E-state index contributed by atoms with van der Waals surface area (Å²) in [5, 5.41) is 12.3. The molecule has 0 saturated heterocycles. The smallest absolute Gasteiger partial charge is 0.143 e. The van der Waals surface area contributed by atoms with Gasteiger partial charge in [0.25, 0.3) is 0 Å². The predicted molar refractivity (Wildman–Crippen MR) is 280 cm³/mol. The van der Waals surface area contributed by atoms with Gasteiger partial charge in [-0.2, -0.15) is 0 Å². The maximum atomic E-state index is 6.51. The molecule has 0 amide bonds. The summed E-state index contributed by atoms with van der Waals surface area (Å²) in [6, 6.07) is 90.4. The third-order valence-corrected chi connectivity index (χ3v) is 13.5. The first-order valence-electron chi connectivity index (χ1n) is 22.7. The van der Waals surface area contributed by atoms with Gasteiger partial charge in [0.15, 0.2) is 0 Å². The van der Waals surface area contributed by atoms with Crippen LogP contribution < -0.4 is 4.90 Å². The molecule has 13 rings (SSSR count). The fourth-order valence-electron chi connectivity index (χ4n) is 10.2. The van der Waals surface area contributed by atoms with Crippen molar-refractivity contribution in [2.24, 2.45) is 0 Å². The van der Waals surface area contributed by atoms with Crippen LogP contribution in [0.15, 0.2) is 253 Å². The van der Waals surface area contributed by atoms with Crippen molar-refractivity contribution < 1.29 is 4.42 Å². The minimum Gasteiger partial charge on any atom is -0.455 e. The number of para-hydroxylation sites is 2. The highest BCUT2D eigenvalue weighted by Gasteiger charge is 2.21. The Labute approximate surface area is 382 Å². The van der Waals surface area contributed by atoms with Gasteiger partial charge in [-0.15, -0.1) is 0 Å². The molecule has 0 N–H and O–H groups in total. The van der Waals surface area contributed by atoms with Crippen molar-refractivity contribution in [1.82, 2.24) is 0 Å². The molecule has 0 bridgehead atoms. The quantitative estimate of drug-likeness (QED) is 0.149. The number of nitrogens with zero attached hydrogens (tertiary/aromatic N) is 1. The highest BCUT2D eigenvalue weighted by Crippen LogP contribution is 2.46. The van der Waals surface area contributed by atoms with Crippen molar-refractivity contribution in [2.75, 3.05) is 4.90 Å². The summed E-state index contributed by atoms with van der Waals surface area (Å²) in [4.78, 5) is 2.42. The van der Waals surface area contributed by atoms with E-state index in [0.717, 1.165) is 66.8 Å². The number of fused-ring (bicyclic) bond motifs is 9. The lowest BCUT2D eigenvalue weighted by Crippen LogP contribution is -2.11. The monoisotopic (exact) mass is 839 g/mol. The van der Waals surface area contributed by atoms with E-state index >= 15 is 0 Å². The van der Waals surface area contributed by atoms with Gasteiger partial charge in [0, 0.05) is 33.3 Å². The molecule has 12 aromatic carbocycles. The second-order valence-corrected chi connectivity index (χ2v) is 17.2. The fourth-order valence-corrected chi connectivity index (χ4v) is 10.2. The Morgan fingerprint density at radius 3 is 1.56 bits per heavy atom. The molecule has 1 heterocycles. The van der Waals surface area contributed by atoms with Gasteiger partial charge >= 0.3 is 0 Å². The van der Waals surface area contributed by atoms with Crippen molar-refractivity contribution in [1.29, 1.82) is 0 Å². The van der Waals surface area contributed by atoms with Gasteiger partial charge in [0.05, 0.1) is 5.69 Å². The standard InChI is InChI=1S/C64H41NO/c1-2-12-43(13-3-1)56-38-32-49(54-19-10-21-58-53-17-7-5-15-45(53)30-39-59(54)58)41-62(56)65(51-35-28-46(29-36-51)57-20-11-22-61-60-18-8-9-23-63(60)66-64(57)61)50-33-26-42(27-34-50)47-31-37-55-48(40-47)25-24-44-14-4-6-16-52(44)55/h1-41H. The number of hydrogen-bond donors (Lipinski definition) is 0. The summed E-state index contributed by atoms with van der Waals surface area (Å²) in [6.07, 6.45) is 0. The van der Waals surface area contributed by atoms with E-state index in [0.29, 0.717) is 0 Å². The largest absolute Gasteiger partial charge is 0.455 e. The van der Waals surface area contributed by atoms with Crippen molar-refractivity contribution in [3.05, 3.63) is 249 Å². The van der Waals surface area contributed by atoms with E-state index in [2.05, 4.69) is 241 Å². The van der Waals surface area contributed by atoms with Crippen molar-refractivity contribution in [2.45, 2.75) is 0 Å². The Kier molecular flexibility index (Phi) is 8.89. The Balaban J connectivity index is 0.985. The topological polar surface area (TPSA) is 16.4 Å². The van der Waals surface area contributed by atoms with E-state index < -0.39 is 0 Å². The van der Waals surface area contributed by atoms with E-state index in [9.17, 15) is 0 Å². The van der Waals surface area contributed by atoms with Gasteiger partial charge in [0.1, 0.15) is 11.2 Å². The summed E-state index contributed by atoms with van der Waals surface area (Å²) in [7, 11) is 0. The van der Waals surface area contributed by atoms with Gasteiger partial charge in [-0.05, 0) is 119 Å². The van der Waals surface area contributed by atoms with Crippen LogP contribution in [0, 0.1) is 0 Å². The number of anilines is 3. The Morgan fingerprint density at radius 2 is 0.788 bits per heavy atom. The summed E-state index contributed by atoms with van der Waals surface area (Å²) in [5.41, 5.74) is 14.2. The maximum absolute atomic E-state index is 6.51. The molecule has 0 atom stereocenters. The first kappa shape index (κ1) is 37.8. The molecule has 0 saturated carbocycles. The molecule has 0 unspecified atom stereocenters. The van der Waals surface area contributed by atoms with Gasteiger partial charge in [-0.3, -0.25) is 0 Å². The van der Waals surface area contributed by atoms with Crippen LogP contribution in [0.4, 0.5) is 17.1 Å². The van der Waals surface area contributed by atoms with Gasteiger partial charge in [-0.1, -0.05) is 206 Å². The summed E-state index contributed by atoms with van der Waals surface area (Å²) >= 11 is 0. The first-order valence-corrected chi connectivity index (χ1v) is 22.7. The molecule has 1 aromatic heterocycles. The third kappa shape index (κ3) is 6.34. The van der Waals surface area contributed by atoms with Gasteiger partial charge < -0.3 is 9.32 Å². The molecule has 0 fully saturated rings. The van der Waals surface area contributed by atoms with Crippen molar-refractivity contribution in [3.8, 4) is 44.5 Å². The summed E-state index contributed by atoms with van der Waals surface area (Å²) in [5.74, 6) is 0. The van der Waals surface area contributed by atoms with E-state index in [1.165, 1.54) is 59.8 Å². The average molecular weight is 840 g/mol. The molecule has 0 aliphatic heterocycles. The van der Waals surface area contributed by atoms with Crippen LogP contribution in [0.5, 0.6) is 0 Å². The molecular weight excluding hydrogens is 799 g/mol. The maximum Gasteiger partial charge on any atom is 0.143 e. The zero-order valence-corrected chi connectivity index (χ0v) is 36.0. The predicted octanol–water partition coefficient (Wildman–Crippen LogP) is 18.3. The number of benzene rings is 12. The SMILES string of the molecule is c1ccc(-c2ccc(-c3cccc4c3ccc3ccccc34)cc2N(c2ccc(-c3ccc4c(ccc5ccccc54)c3)cc2)c2ccc(-c3cccc4c3oc3ccccc34)cc2)cc1. The third-order valence-electron chi connectivity index (χ3n) is 13.5. The molecule has 0 spiro atoms. The first-order chi connectivity index (χ1) is 32.7. The van der Waals surface area contributed by atoms with Gasteiger partial charge in [0.2, 0.25) is 0 Å². The van der Waals surface area contributed by atoms with Crippen LogP contribution >= 0.6 is 0 Å². The van der Waals surface area contributed by atoms with Crippen LogP contribution in [0.1, 0.15) is 0 Å². The van der Waals surface area contributed by atoms with Crippen LogP contribution in [0.2, 0.25) is 0 Å². The molecule has 0 aliphatic rings. The second-order valence-electron chi connectivity index (χ2n) is 17.2. The Morgan fingerprint density at radius 1 is 0.258 bits per heavy atom. The molecule has 13 aromatic rings. The molecular formula is C64H41NO. The molecule has 0 aliphatic carbocycles. The molecule has 2 nitrogen and oxygen atoms in total. The lowest BCUT2D eigenvalue weighted by molar-refractivity contribution is 0.670. The zero-order valence-electron chi connectivity index (χ0n) is 36.0. The summed E-state index contributed by atoms with van der Waals surface area (Å²) in [6.45, 7) is 0. The lowest BCUT2D eigenvalue weighted by Gasteiger charge is -2.29. The van der Waals surface area contributed by atoms with Crippen molar-refractivity contribution in [3.63, 3.8) is 0 Å². The van der Waals surface area contributed by atoms with E-state index in [1.807, 2.05) is 12.1 Å². The fraction of sp³-hybridized carbons (Fsp3) is 0. The zero-order chi connectivity index (χ0) is 43.6. The minimum atomic E-state index is 0.899. The van der Waals surface area contributed by atoms with Crippen LogP contribution in [0.3, 0.4) is 0 Å². The number of rotatable bonds is 7. The molecule has 66 heavy (non-hydrogen) atoms. The van der Waals surface area contributed by atoms with Gasteiger partial charge in [-0.25, -0.2) is 0 Å². The van der Waals surface area contributed by atoms with E-state index in [-0.39, 0.29) is 0 Å². The minimum absolute atomic E-state index is 0.899. The van der Waals surface area contributed by atoms with Crippen molar-refractivity contribution >= 4 is 82.1 Å². The average Bonchev–Trinajstić information content (AvgIpc) is 3.78. The number of furan rings is 1. The Hall–Kier alpha value is -8.72. The van der Waals surface area contributed by atoms with Crippen LogP contribution in [-0.4, -0.2) is 0 Å². The normalized spacial score (nSPS) is 11.6. The van der Waals surface area contributed by atoms with E-state index in [4.69, 9.17) is 4.42 Å². The lowest BCUT2D eigenvalue weighted by atomic mass is 9.92. The van der Waals surface area contributed by atoms with Crippen LogP contribution in [-0.2, 0) is 0 Å². The highest BCUT2D eigenvalue weighted by atomic mass is 16.3. The van der Waals surface area contributed by atoms with E-state index in [1.54, 1.807) is 0 Å². The molecule has 2 heteroatoms. The summed E-state index contributed by atoms with van der Waals surface area (Å²) < 4.78 is 6.51. The number of hydrogen-bond acceptors (Lipinski definition) is 2.